The molecule has 0 aliphatic carbocycles. The predicted octanol–water partition coefficient (Wildman–Crippen LogP) is 2.53. The van der Waals surface area contributed by atoms with E-state index in [0.717, 1.165) is 11.3 Å². The van der Waals surface area contributed by atoms with Gasteiger partial charge in [-0.05, 0) is 12.1 Å². The third kappa shape index (κ3) is 2.77. The summed E-state index contributed by atoms with van der Waals surface area (Å²) in [4.78, 5) is 26.2. The Morgan fingerprint density at radius 1 is 1.39 bits per heavy atom. The zero-order valence-electron chi connectivity index (χ0n) is 12.7. The number of nitrogens with one attached hydrogen (secondary N) is 2. The molecule has 0 saturated carbocycles. The first-order valence-corrected chi connectivity index (χ1v) is 7.43. The number of pyridine rings is 1. The summed E-state index contributed by atoms with van der Waals surface area (Å²) < 4.78 is 5.65. The Labute approximate surface area is 137 Å². The maximum Gasteiger partial charge on any atom is 0.272 e. The summed E-state index contributed by atoms with van der Waals surface area (Å²) >= 11 is 5.69. The maximum absolute atomic E-state index is 12.2. The van der Waals surface area contributed by atoms with Crippen molar-refractivity contribution in [2.24, 2.45) is 0 Å². The second-order valence-corrected chi connectivity index (χ2v) is 6.50. The number of ether oxygens (including phenoxy) is 1. The number of carbonyl (C=O) groups excluding carboxylic acids is 1. The minimum atomic E-state index is -0.601. The Bertz CT molecular complexity index is 858. The van der Waals surface area contributed by atoms with Gasteiger partial charge in [0.25, 0.3) is 11.5 Å². The molecule has 6 nitrogen and oxygen atoms in total. The van der Waals surface area contributed by atoms with E-state index < -0.39 is 11.5 Å². The van der Waals surface area contributed by atoms with E-state index in [1.54, 1.807) is 12.1 Å². The van der Waals surface area contributed by atoms with E-state index >= 15 is 0 Å². The van der Waals surface area contributed by atoms with Crippen molar-refractivity contribution < 1.29 is 9.53 Å². The number of hydrogen-bond donors (Lipinski definition) is 3. The van der Waals surface area contributed by atoms with Crippen LogP contribution in [0.3, 0.4) is 0 Å². The van der Waals surface area contributed by atoms with Crippen LogP contribution in [-0.2, 0) is 5.41 Å². The van der Waals surface area contributed by atoms with Gasteiger partial charge in [-0.15, -0.1) is 0 Å². The molecule has 23 heavy (non-hydrogen) atoms. The molecule has 4 N–H and O–H groups in total. The molecule has 0 spiro atoms. The highest BCUT2D eigenvalue weighted by Crippen LogP contribution is 2.39. The van der Waals surface area contributed by atoms with Crippen LogP contribution >= 0.6 is 11.6 Å². The van der Waals surface area contributed by atoms with Gasteiger partial charge < -0.3 is 20.8 Å². The van der Waals surface area contributed by atoms with Gasteiger partial charge in [0, 0.05) is 22.7 Å². The highest BCUT2D eigenvalue weighted by atomic mass is 35.5. The number of aromatic nitrogens is 1. The molecule has 1 aliphatic heterocycles. The largest absolute Gasteiger partial charge is 0.492 e. The summed E-state index contributed by atoms with van der Waals surface area (Å²) in [6.07, 6.45) is 0. The zero-order chi connectivity index (χ0) is 16.8. The molecule has 0 radical (unpaired) electrons. The molecule has 3 rings (SSSR count). The van der Waals surface area contributed by atoms with Gasteiger partial charge in [0.1, 0.15) is 16.5 Å². The van der Waals surface area contributed by atoms with Gasteiger partial charge in [-0.25, -0.2) is 0 Å². The van der Waals surface area contributed by atoms with Crippen molar-refractivity contribution in [3.8, 4) is 5.75 Å². The van der Waals surface area contributed by atoms with Crippen LogP contribution in [0.5, 0.6) is 5.75 Å². The molecule has 1 amide bonds. The van der Waals surface area contributed by atoms with Crippen LogP contribution < -0.4 is 21.3 Å². The van der Waals surface area contributed by atoms with Gasteiger partial charge in [-0.3, -0.25) is 9.59 Å². The molecule has 0 saturated heterocycles. The van der Waals surface area contributed by atoms with Gasteiger partial charge in [-0.2, -0.15) is 0 Å². The van der Waals surface area contributed by atoms with Gasteiger partial charge in [-0.1, -0.05) is 31.5 Å². The Hall–Kier alpha value is -2.47. The lowest BCUT2D eigenvalue weighted by Crippen LogP contribution is -2.20. The maximum atomic E-state index is 12.2. The van der Waals surface area contributed by atoms with E-state index in [-0.39, 0.29) is 21.8 Å². The lowest BCUT2D eigenvalue weighted by Gasteiger charge is -2.15. The van der Waals surface area contributed by atoms with Crippen molar-refractivity contribution in [3.63, 3.8) is 0 Å². The number of nitrogens with two attached hydrogens (primary N) is 1. The molecule has 1 aromatic carbocycles. The van der Waals surface area contributed by atoms with Gasteiger partial charge in [0.05, 0.1) is 12.3 Å². The first-order chi connectivity index (χ1) is 10.8. The fraction of sp³-hybridized carbons (Fsp3) is 0.250. The third-order valence-electron chi connectivity index (χ3n) is 3.80. The van der Waals surface area contributed by atoms with Crippen LogP contribution in [-0.4, -0.2) is 17.5 Å². The minimum Gasteiger partial charge on any atom is -0.492 e. The van der Waals surface area contributed by atoms with Crippen LogP contribution in [0.15, 0.2) is 29.1 Å². The van der Waals surface area contributed by atoms with E-state index in [2.05, 4.69) is 24.1 Å². The quantitative estimate of drug-likeness (QED) is 0.786. The smallest absolute Gasteiger partial charge is 0.272 e. The Morgan fingerprint density at radius 3 is 2.83 bits per heavy atom. The summed E-state index contributed by atoms with van der Waals surface area (Å²) in [5.41, 5.74) is 6.72. The van der Waals surface area contributed by atoms with Crippen LogP contribution in [0.1, 0.15) is 29.9 Å². The molecule has 0 atom stereocenters. The second-order valence-electron chi connectivity index (χ2n) is 6.12. The molecular formula is C16H16ClN3O3. The Morgan fingerprint density at radius 2 is 2.13 bits per heavy atom. The van der Waals surface area contributed by atoms with Crippen molar-refractivity contribution >= 4 is 28.9 Å². The summed E-state index contributed by atoms with van der Waals surface area (Å²) in [7, 11) is 0. The van der Waals surface area contributed by atoms with Gasteiger partial charge >= 0.3 is 0 Å². The van der Waals surface area contributed by atoms with E-state index in [0.29, 0.717) is 12.3 Å². The number of rotatable bonds is 2. The standard InChI is InChI=1S/C16H16ClN3O3/c1-16(2)7-23-12-5-8(3-4-9(12)16)19-14(21)11-6-10(18)13(17)15(22)20-11/h3-6H,7H2,1-2H3,(H,19,21)(H3,18,20,22). The van der Waals surface area contributed by atoms with Crippen molar-refractivity contribution in [1.29, 1.82) is 0 Å². The number of anilines is 2. The monoisotopic (exact) mass is 333 g/mol. The highest BCUT2D eigenvalue weighted by Gasteiger charge is 2.31. The van der Waals surface area contributed by atoms with Crippen LogP contribution in [0.4, 0.5) is 11.4 Å². The normalized spacial score (nSPS) is 14.9. The zero-order valence-corrected chi connectivity index (χ0v) is 13.5. The first-order valence-electron chi connectivity index (χ1n) is 7.05. The molecule has 2 heterocycles. The molecule has 1 aromatic heterocycles. The number of hydrogen-bond acceptors (Lipinski definition) is 4. The number of carbonyl (C=O) groups is 1. The van der Waals surface area contributed by atoms with Gasteiger partial charge in [0.15, 0.2) is 0 Å². The minimum absolute atomic E-state index is 0.0404. The van der Waals surface area contributed by atoms with Crippen LogP contribution in [0.2, 0.25) is 5.02 Å². The Kier molecular flexibility index (Phi) is 3.56. The summed E-state index contributed by atoms with van der Waals surface area (Å²) in [5.74, 6) is 0.264. The van der Waals surface area contributed by atoms with Gasteiger partial charge in [0.2, 0.25) is 0 Å². The molecule has 0 fully saturated rings. The SMILES string of the molecule is CC1(C)COc2cc(NC(=O)c3cc(N)c(Cl)c(=O)[nH]3)ccc21. The van der Waals surface area contributed by atoms with E-state index in [4.69, 9.17) is 22.1 Å². The first kappa shape index (κ1) is 15.4. The van der Waals surface area contributed by atoms with E-state index in [1.807, 2.05) is 6.07 Å². The highest BCUT2D eigenvalue weighted by molar-refractivity contribution is 6.33. The number of H-pyrrole nitrogens is 1. The van der Waals surface area contributed by atoms with Crippen molar-refractivity contribution in [2.45, 2.75) is 19.3 Å². The lowest BCUT2D eigenvalue weighted by molar-refractivity contribution is 0.102. The average Bonchev–Trinajstić information content (AvgIpc) is 2.79. The van der Waals surface area contributed by atoms with Crippen LogP contribution in [0, 0.1) is 0 Å². The third-order valence-corrected chi connectivity index (χ3v) is 4.19. The topological polar surface area (TPSA) is 97.2 Å². The number of fused-ring (bicyclic) bond motifs is 1. The second kappa shape index (κ2) is 5.31. The fourth-order valence-corrected chi connectivity index (χ4v) is 2.60. The number of benzene rings is 1. The average molecular weight is 334 g/mol. The van der Waals surface area contributed by atoms with Crippen molar-refractivity contribution in [2.75, 3.05) is 17.7 Å². The molecule has 120 valence electrons. The fourth-order valence-electron chi connectivity index (χ4n) is 2.50. The summed E-state index contributed by atoms with van der Waals surface area (Å²) in [5, 5.41) is 2.57. The molecule has 2 aromatic rings. The predicted molar refractivity (Wildman–Crippen MR) is 89.4 cm³/mol. The number of aromatic amines is 1. The molecule has 0 unspecified atom stereocenters. The van der Waals surface area contributed by atoms with E-state index in [1.165, 1.54) is 6.07 Å². The number of amides is 1. The molecular weight excluding hydrogens is 318 g/mol. The summed E-state index contributed by atoms with van der Waals surface area (Å²) in [6, 6.07) is 6.81. The molecule has 1 aliphatic rings. The Balaban J connectivity index is 1.86. The molecule has 7 heteroatoms. The van der Waals surface area contributed by atoms with E-state index in [9.17, 15) is 9.59 Å². The lowest BCUT2D eigenvalue weighted by atomic mass is 9.87. The molecule has 0 bridgehead atoms. The van der Waals surface area contributed by atoms with Crippen LogP contribution in [0.25, 0.3) is 0 Å². The number of halogens is 1. The van der Waals surface area contributed by atoms with Crippen molar-refractivity contribution in [3.05, 3.63) is 50.9 Å². The summed E-state index contributed by atoms with van der Waals surface area (Å²) in [6.45, 7) is 4.79. The number of nitrogen functional groups attached to an aromatic ring is 1. The van der Waals surface area contributed by atoms with Crippen molar-refractivity contribution in [1.82, 2.24) is 4.98 Å².